The Labute approximate surface area is 166 Å². The number of aromatic nitrogens is 1. The van der Waals surface area contributed by atoms with Crippen LogP contribution in [0.25, 0.3) is 20.8 Å². The van der Waals surface area contributed by atoms with Crippen molar-refractivity contribution in [3.63, 3.8) is 0 Å². The average molecular weight is 386 g/mol. The van der Waals surface area contributed by atoms with E-state index in [1.54, 1.807) is 19.1 Å². The molecule has 0 fully saturated rings. The Hall–Kier alpha value is -3.31. The number of thiazole rings is 1. The van der Waals surface area contributed by atoms with Gasteiger partial charge in [0.05, 0.1) is 10.2 Å². The molecule has 3 aromatic carbocycles. The second kappa shape index (κ2) is 7.74. The fraction of sp³-hybridized carbons (Fsp3) is 0.0870. The van der Waals surface area contributed by atoms with Gasteiger partial charge < -0.3 is 5.32 Å². The largest absolute Gasteiger partial charge is 0.348 e. The summed E-state index contributed by atoms with van der Waals surface area (Å²) in [5.74, 6) is -0.0837. The van der Waals surface area contributed by atoms with Crippen molar-refractivity contribution in [1.29, 1.82) is 0 Å². The molecule has 138 valence electrons. The molecule has 0 aliphatic rings. The van der Waals surface area contributed by atoms with Gasteiger partial charge in [0.2, 0.25) is 0 Å². The van der Waals surface area contributed by atoms with Gasteiger partial charge in [-0.1, -0.05) is 48.5 Å². The van der Waals surface area contributed by atoms with E-state index in [0.29, 0.717) is 17.7 Å². The highest BCUT2D eigenvalue weighted by Crippen LogP contribution is 2.31. The third-order valence-electron chi connectivity index (χ3n) is 4.46. The molecule has 1 aromatic heterocycles. The van der Waals surface area contributed by atoms with Gasteiger partial charge in [-0.25, -0.2) is 4.98 Å². The lowest BCUT2D eigenvalue weighted by Gasteiger charge is -2.05. The third kappa shape index (κ3) is 3.85. The van der Waals surface area contributed by atoms with E-state index in [-0.39, 0.29) is 11.7 Å². The molecule has 0 saturated heterocycles. The molecule has 0 atom stereocenters. The van der Waals surface area contributed by atoms with Crippen molar-refractivity contribution in [3.8, 4) is 10.6 Å². The van der Waals surface area contributed by atoms with E-state index in [9.17, 15) is 9.59 Å². The van der Waals surface area contributed by atoms with Crippen LogP contribution in [-0.2, 0) is 6.54 Å². The molecule has 1 N–H and O–H groups in total. The smallest absolute Gasteiger partial charge is 0.251 e. The first-order valence-electron chi connectivity index (χ1n) is 8.94. The van der Waals surface area contributed by atoms with Crippen LogP contribution in [0.15, 0.2) is 72.8 Å². The van der Waals surface area contributed by atoms with Crippen LogP contribution < -0.4 is 5.32 Å². The van der Waals surface area contributed by atoms with E-state index in [1.807, 2.05) is 60.7 Å². The maximum absolute atomic E-state index is 12.5. The molecule has 4 nitrogen and oxygen atoms in total. The Morgan fingerprint density at radius 3 is 2.54 bits per heavy atom. The number of benzene rings is 3. The first-order chi connectivity index (χ1) is 13.6. The lowest BCUT2D eigenvalue weighted by atomic mass is 10.1. The molecule has 0 aliphatic heterocycles. The molecule has 0 saturated carbocycles. The summed E-state index contributed by atoms with van der Waals surface area (Å²) >= 11 is 1.51. The van der Waals surface area contributed by atoms with E-state index >= 15 is 0 Å². The maximum atomic E-state index is 12.5. The number of carbonyl (C=O) groups is 2. The molecule has 5 heteroatoms. The number of rotatable bonds is 5. The zero-order valence-corrected chi connectivity index (χ0v) is 16.1. The minimum Gasteiger partial charge on any atom is -0.348 e. The molecule has 4 aromatic rings. The minimum atomic E-state index is -0.112. The number of nitrogens with zero attached hydrogens (tertiary/aromatic N) is 1. The molecule has 0 aliphatic carbocycles. The predicted molar refractivity (Wildman–Crippen MR) is 113 cm³/mol. The van der Waals surface area contributed by atoms with Crippen LogP contribution in [-0.4, -0.2) is 16.7 Å². The number of hydrogen-bond acceptors (Lipinski definition) is 4. The Kier molecular flexibility index (Phi) is 5.00. The Bertz CT molecular complexity index is 1170. The number of hydrogen-bond donors (Lipinski definition) is 1. The zero-order valence-electron chi connectivity index (χ0n) is 15.3. The zero-order chi connectivity index (χ0) is 19.5. The SMILES string of the molecule is CC(=O)c1cccc(-c2nc3ccc(C(=O)NCc4ccccc4)cc3s2)c1. The van der Waals surface area contributed by atoms with E-state index in [1.165, 1.54) is 11.3 Å². The standard InChI is InChI=1S/C23H18N2O2S/c1-15(26)17-8-5-9-19(12-17)23-25-20-11-10-18(13-21(20)28-23)22(27)24-14-16-6-3-2-4-7-16/h2-13H,14H2,1H3,(H,24,27). The van der Waals surface area contributed by atoms with E-state index < -0.39 is 0 Å². The minimum absolute atomic E-state index is 0.0281. The number of carbonyl (C=O) groups excluding carboxylic acids is 2. The van der Waals surface area contributed by atoms with Crippen LogP contribution in [0, 0.1) is 0 Å². The topological polar surface area (TPSA) is 59.1 Å². The molecule has 1 amide bonds. The summed E-state index contributed by atoms with van der Waals surface area (Å²) in [6, 6.07) is 22.8. The molecule has 28 heavy (non-hydrogen) atoms. The highest BCUT2D eigenvalue weighted by atomic mass is 32.1. The van der Waals surface area contributed by atoms with Crippen LogP contribution in [0.2, 0.25) is 0 Å². The van der Waals surface area contributed by atoms with Crippen LogP contribution in [0.1, 0.15) is 33.2 Å². The van der Waals surface area contributed by atoms with Gasteiger partial charge >= 0.3 is 0 Å². The number of amides is 1. The van der Waals surface area contributed by atoms with Gasteiger partial charge in [0.1, 0.15) is 5.01 Å². The highest BCUT2D eigenvalue weighted by Gasteiger charge is 2.11. The molecule has 0 radical (unpaired) electrons. The van der Waals surface area contributed by atoms with Gasteiger partial charge in [0, 0.05) is 23.2 Å². The van der Waals surface area contributed by atoms with Gasteiger partial charge in [-0.2, -0.15) is 0 Å². The normalized spacial score (nSPS) is 10.8. The van der Waals surface area contributed by atoms with Gasteiger partial charge in [-0.15, -0.1) is 11.3 Å². The molecule has 0 spiro atoms. The molecule has 0 bridgehead atoms. The van der Waals surface area contributed by atoms with Gasteiger partial charge in [-0.05, 0) is 36.8 Å². The van der Waals surface area contributed by atoms with Crippen molar-refractivity contribution in [2.45, 2.75) is 13.5 Å². The first-order valence-corrected chi connectivity index (χ1v) is 9.76. The molecular formula is C23H18N2O2S. The lowest BCUT2D eigenvalue weighted by Crippen LogP contribution is -2.22. The van der Waals surface area contributed by atoms with Gasteiger partial charge in [0.15, 0.2) is 5.78 Å². The Balaban J connectivity index is 1.57. The van der Waals surface area contributed by atoms with Crippen LogP contribution in [0.4, 0.5) is 0 Å². The summed E-state index contributed by atoms with van der Waals surface area (Å²) in [6.07, 6.45) is 0. The second-order valence-electron chi connectivity index (χ2n) is 6.51. The van der Waals surface area contributed by atoms with E-state index in [4.69, 9.17) is 0 Å². The van der Waals surface area contributed by atoms with E-state index in [0.717, 1.165) is 26.4 Å². The summed E-state index contributed by atoms with van der Waals surface area (Å²) in [5, 5.41) is 3.78. The fourth-order valence-corrected chi connectivity index (χ4v) is 3.94. The second-order valence-corrected chi connectivity index (χ2v) is 7.54. The molecular weight excluding hydrogens is 368 g/mol. The van der Waals surface area contributed by atoms with Crippen molar-refractivity contribution < 1.29 is 9.59 Å². The Morgan fingerprint density at radius 1 is 0.929 bits per heavy atom. The summed E-state index contributed by atoms with van der Waals surface area (Å²) < 4.78 is 0.940. The lowest BCUT2D eigenvalue weighted by molar-refractivity contribution is 0.0950. The van der Waals surface area contributed by atoms with Crippen molar-refractivity contribution in [2.75, 3.05) is 0 Å². The van der Waals surface area contributed by atoms with Crippen LogP contribution in [0.5, 0.6) is 0 Å². The summed E-state index contributed by atoms with van der Waals surface area (Å²) in [5.41, 5.74) is 4.08. The quantitative estimate of drug-likeness (QED) is 0.486. The third-order valence-corrected chi connectivity index (χ3v) is 5.53. The van der Waals surface area contributed by atoms with Crippen molar-refractivity contribution in [2.24, 2.45) is 0 Å². The summed E-state index contributed by atoms with van der Waals surface area (Å²) in [4.78, 5) is 28.8. The maximum Gasteiger partial charge on any atom is 0.251 e. The molecule has 1 heterocycles. The fourth-order valence-electron chi connectivity index (χ4n) is 2.94. The van der Waals surface area contributed by atoms with Crippen molar-refractivity contribution >= 4 is 33.2 Å². The van der Waals surface area contributed by atoms with Gasteiger partial charge in [-0.3, -0.25) is 9.59 Å². The summed E-state index contributed by atoms with van der Waals surface area (Å²) in [6.45, 7) is 2.04. The highest BCUT2D eigenvalue weighted by molar-refractivity contribution is 7.21. The number of Topliss-reactive ketones (excluding diaryl/α,β-unsaturated/α-hetero) is 1. The summed E-state index contributed by atoms with van der Waals surface area (Å²) in [7, 11) is 0. The average Bonchev–Trinajstić information content (AvgIpc) is 3.16. The molecule has 4 rings (SSSR count). The van der Waals surface area contributed by atoms with Crippen molar-refractivity contribution in [1.82, 2.24) is 10.3 Å². The number of fused-ring (bicyclic) bond motifs is 1. The predicted octanol–water partition coefficient (Wildman–Crippen LogP) is 5.10. The van der Waals surface area contributed by atoms with Crippen LogP contribution >= 0.6 is 11.3 Å². The molecule has 0 unspecified atom stereocenters. The number of ketones is 1. The number of nitrogens with one attached hydrogen (secondary N) is 1. The monoisotopic (exact) mass is 386 g/mol. The van der Waals surface area contributed by atoms with E-state index in [2.05, 4.69) is 10.3 Å². The van der Waals surface area contributed by atoms with Crippen molar-refractivity contribution in [3.05, 3.63) is 89.5 Å². The first kappa shape index (κ1) is 18.1. The van der Waals surface area contributed by atoms with Gasteiger partial charge in [0.25, 0.3) is 5.91 Å². The Morgan fingerprint density at radius 2 is 1.75 bits per heavy atom. The van der Waals surface area contributed by atoms with Crippen LogP contribution in [0.3, 0.4) is 0 Å².